The maximum atomic E-state index is 10.0. The number of hydrogen-bond acceptors (Lipinski definition) is 3. The molecule has 108 valence electrons. The zero-order valence-corrected chi connectivity index (χ0v) is 13.6. The lowest BCUT2D eigenvalue weighted by Gasteiger charge is -2.13. The van der Waals surface area contributed by atoms with Crippen molar-refractivity contribution in [2.75, 3.05) is 5.73 Å². The van der Waals surface area contributed by atoms with Crippen LogP contribution in [0.25, 0.3) is 16.7 Å². The molecule has 0 saturated carbocycles. The number of aliphatic hydroxyl groups is 1. The van der Waals surface area contributed by atoms with Gasteiger partial charge in [0.25, 0.3) is 0 Å². The number of anilines is 1. The van der Waals surface area contributed by atoms with Crippen LogP contribution in [0, 0.1) is 0 Å². The third-order valence-corrected chi connectivity index (χ3v) is 4.63. The fourth-order valence-electron chi connectivity index (χ4n) is 2.31. The number of imidazole rings is 1. The van der Waals surface area contributed by atoms with Gasteiger partial charge in [0.1, 0.15) is 11.9 Å². The summed E-state index contributed by atoms with van der Waals surface area (Å²) in [7, 11) is 0. The van der Waals surface area contributed by atoms with Crippen molar-refractivity contribution in [1.29, 1.82) is 0 Å². The molecule has 6 heteroatoms. The number of benzene rings is 2. The smallest absolute Gasteiger partial charge is 0.143 e. The Morgan fingerprint density at radius 3 is 2.81 bits per heavy atom. The van der Waals surface area contributed by atoms with Crippen LogP contribution in [0.1, 0.15) is 18.9 Å². The molecule has 0 radical (unpaired) electrons. The summed E-state index contributed by atoms with van der Waals surface area (Å²) in [5.74, 6) is 0.540. The first-order valence-electron chi connectivity index (χ1n) is 6.39. The summed E-state index contributed by atoms with van der Waals surface area (Å²) in [6, 6.07) is 11.1. The third-order valence-electron chi connectivity index (χ3n) is 3.25. The van der Waals surface area contributed by atoms with Gasteiger partial charge in [0.05, 0.1) is 26.2 Å². The van der Waals surface area contributed by atoms with Crippen LogP contribution < -0.4 is 5.73 Å². The highest BCUT2D eigenvalue weighted by Gasteiger charge is 2.18. The molecule has 1 aromatic heterocycles. The van der Waals surface area contributed by atoms with E-state index >= 15 is 0 Å². The van der Waals surface area contributed by atoms with E-state index in [1.807, 2.05) is 28.8 Å². The number of halogens is 2. The lowest BCUT2D eigenvalue weighted by atomic mass is 10.2. The van der Waals surface area contributed by atoms with Crippen molar-refractivity contribution in [2.24, 2.45) is 0 Å². The Kier molecular flexibility index (Phi) is 3.65. The van der Waals surface area contributed by atoms with Crippen molar-refractivity contribution in [1.82, 2.24) is 9.55 Å². The van der Waals surface area contributed by atoms with E-state index in [2.05, 4.69) is 20.9 Å². The molecule has 2 aromatic carbocycles. The molecule has 3 N–H and O–H groups in total. The minimum absolute atomic E-state index is 0.540. The molecule has 3 rings (SSSR count). The van der Waals surface area contributed by atoms with E-state index in [4.69, 9.17) is 17.3 Å². The fourth-order valence-corrected chi connectivity index (χ4v) is 2.93. The second-order valence-corrected chi connectivity index (χ2v) is 6.00. The Bertz CT molecular complexity index is 829. The Labute approximate surface area is 135 Å². The highest BCUT2D eigenvalue weighted by atomic mass is 79.9. The van der Waals surface area contributed by atoms with E-state index in [-0.39, 0.29) is 0 Å². The summed E-state index contributed by atoms with van der Waals surface area (Å²) in [6.45, 7) is 1.68. The van der Waals surface area contributed by atoms with Gasteiger partial charge in [-0.25, -0.2) is 4.98 Å². The molecule has 0 fully saturated rings. The van der Waals surface area contributed by atoms with Crippen LogP contribution >= 0.6 is 27.5 Å². The number of nitrogens with two attached hydrogens (primary N) is 1. The van der Waals surface area contributed by atoms with Crippen molar-refractivity contribution < 1.29 is 5.11 Å². The van der Waals surface area contributed by atoms with Crippen LogP contribution in [0.15, 0.2) is 40.9 Å². The van der Waals surface area contributed by atoms with Crippen molar-refractivity contribution in [3.8, 4) is 5.69 Å². The van der Waals surface area contributed by atoms with Gasteiger partial charge in [0.15, 0.2) is 0 Å². The van der Waals surface area contributed by atoms with E-state index < -0.39 is 6.10 Å². The molecule has 0 saturated heterocycles. The van der Waals surface area contributed by atoms with Crippen LogP contribution in [0.5, 0.6) is 0 Å². The number of fused-ring (bicyclic) bond motifs is 1. The maximum absolute atomic E-state index is 10.0. The maximum Gasteiger partial charge on any atom is 0.143 e. The molecule has 0 aliphatic heterocycles. The lowest BCUT2D eigenvalue weighted by Crippen LogP contribution is -2.05. The second-order valence-electron chi connectivity index (χ2n) is 4.80. The molecule has 0 bridgehead atoms. The number of rotatable bonds is 2. The SMILES string of the molecule is CC(O)c1nc2cc(N)ccc2n1-c1cccc(Cl)c1Br. The minimum Gasteiger partial charge on any atom is -0.399 e. The Morgan fingerprint density at radius 1 is 1.33 bits per heavy atom. The summed E-state index contributed by atoms with van der Waals surface area (Å²) in [5, 5.41) is 10.6. The number of aromatic nitrogens is 2. The summed E-state index contributed by atoms with van der Waals surface area (Å²) in [6.07, 6.45) is -0.718. The highest BCUT2D eigenvalue weighted by Crippen LogP contribution is 2.34. The Hall–Kier alpha value is -1.56. The van der Waals surface area contributed by atoms with E-state index in [9.17, 15) is 5.11 Å². The first-order valence-corrected chi connectivity index (χ1v) is 7.56. The molecule has 21 heavy (non-hydrogen) atoms. The molecule has 3 aromatic rings. The molecule has 1 atom stereocenters. The molecular weight excluding hydrogens is 354 g/mol. The van der Waals surface area contributed by atoms with Gasteiger partial charge in [-0.05, 0) is 53.2 Å². The van der Waals surface area contributed by atoms with Gasteiger partial charge < -0.3 is 10.8 Å². The van der Waals surface area contributed by atoms with Gasteiger partial charge in [-0.15, -0.1) is 0 Å². The number of aliphatic hydroxyl groups excluding tert-OH is 1. The summed E-state index contributed by atoms with van der Waals surface area (Å²) in [4.78, 5) is 4.49. The highest BCUT2D eigenvalue weighted by molar-refractivity contribution is 9.10. The van der Waals surface area contributed by atoms with Gasteiger partial charge in [-0.1, -0.05) is 17.7 Å². The standard InChI is InChI=1S/C15H13BrClN3O/c1-8(21)15-19-11-7-9(18)5-6-12(11)20(15)13-4-2-3-10(17)14(13)16/h2-8,21H,18H2,1H3. The van der Waals surface area contributed by atoms with E-state index in [0.717, 1.165) is 21.2 Å². The van der Waals surface area contributed by atoms with Crippen LogP contribution in [0.2, 0.25) is 5.02 Å². The average molecular weight is 367 g/mol. The Morgan fingerprint density at radius 2 is 2.10 bits per heavy atom. The molecule has 0 spiro atoms. The molecule has 1 unspecified atom stereocenters. The van der Waals surface area contributed by atoms with Crippen LogP contribution in [-0.2, 0) is 0 Å². The zero-order valence-electron chi connectivity index (χ0n) is 11.2. The molecule has 0 aliphatic rings. The molecule has 4 nitrogen and oxygen atoms in total. The van der Waals surface area contributed by atoms with E-state index in [1.54, 1.807) is 19.1 Å². The Balaban J connectivity index is 2.39. The number of nitrogens with zero attached hydrogens (tertiary/aromatic N) is 2. The summed E-state index contributed by atoms with van der Waals surface area (Å²) < 4.78 is 2.64. The van der Waals surface area contributed by atoms with Gasteiger partial charge >= 0.3 is 0 Å². The molecular formula is C15H13BrClN3O. The quantitative estimate of drug-likeness (QED) is 0.672. The molecule has 0 aliphatic carbocycles. The van der Waals surface area contributed by atoms with Crippen molar-refractivity contribution >= 4 is 44.3 Å². The van der Waals surface area contributed by atoms with Crippen LogP contribution in [0.3, 0.4) is 0 Å². The van der Waals surface area contributed by atoms with Crippen LogP contribution in [0.4, 0.5) is 5.69 Å². The number of nitrogen functional groups attached to an aromatic ring is 1. The minimum atomic E-state index is -0.718. The number of hydrogen-bond donors (Lipinski definition) is 2. The lowest BCUT2D eigenvalue weighted by molar-refractivity contribution is 0.187. The van der Waals surface area contributed by atoms with Gasteiger partial charge in [0, 0.05) is 5.69 Å². The average Bonchev–Trinajstić information content (AvgIpc) is 2.80. The predicted molar refractivity (Wildman–Crippen MR) is 88.8 cm³/mol. The van der Waals surface area contributed by atoms with Crippen molar-refractivity contribution in [2.45, 2.75) is 13.0 Å². The van der Waals surface area contributed by atoms with Gasteiger partial charge in [-0.3, -0.25) is 4.57 Å². The second kappa shape index (κ2) is 5.33. The zero-order chi connectivity index (χ0) is 15.1. The largest absolute Gasteiger partial charge is 0.399 e. The predicted octanol–water partition coefficient (Wildman–Crippen LogP) is 4.08. The summed E-state index contributed by atoms with van der Waals surface area (Å²) in [5.41, 5.74) is 8.87. The van der Waals surface area contributed by atoms with Crippen molar-refractivity contribution in [3.05, 3.63) is 51.7 Å². The first-order chi connectivity index (χ1) is 9.99. The fraction of sp³-hybridized carbons (Fsp3) is 0.133. The van der Waals surface area contributed by atoms with E-state index in [1.165, 1.54) is 0 Å². The van der Waals surface area contributed by atoms with Crippen LogP contribution in [-0.4, -0.2) is 14.7 Å². The van der Waals surface area contributed by atoms with Gasteiger partial charge in [-0.2, -0.15) is 0 Å². The normalized spacial score (nSPS) is 12.8. The first kappa shape index (κ1) is 14.4. The third kappa shape index (κ3) is 2.41. The molecule has 1 heterocycles. The van der Waals surface area contributed by atoms with E-state index in [0.29, 0.717) is 16.5 Å². The monoisotopic (exact) mass is 365 g/mol. The topological polar surface area (TPSA) is 64.1 Å². The summed E-state index contributed by atoms with van der Waals surface area (Å²) >= 11 is 9.67. The van der Waals surface area contributed by atoms with Crippen molar-refractivity contribution in [3.63, 3.8) is 0 Å². The molecule has 0 amide bonds. The van der Waals surface area contributed by atoms with Gasteiger partial charge in [0.2, 0.25) is 0 Å².